The van der Waals surface area contributed by atoms with Gasteiger partial charge in [0.15, 0.2) is 0 Å². The Labute approximate surface area is 80.5 Å². The van der Waals surface area contributed by atoms with Crippen molar-refractivity contribution in [2.24, 2.45) is 0 Å². The number of aliphatic carboxylic acids is 1. The molecular weight excluding hydrogens is 194 g/mol. The second-order valence-corrected chi connectivity index (χ2v) is 3.38. The number of carbonyl (C=O) groups excluding carboxylic acids is 1. The molecule has 0 heterocycles. The van der Waals surface area contributed by atoms with E-state index < -0.39 is 24.5 Å². The number of carboxylic acid groups (broad SMARTS) is 1. The maximum Gasteiger partial charge on any atom is 0.326 e. The molecule has 1 amide bonds. The lowest BCUT2D eigenvalue weighted by Gasteiger charge is -2.12. The number of carboxylic acids is 1. The number of hydrogen-bond donors (Lipinski definition) is 3. The van der Waals surface area contributed by atoms with Gasteiger partial charge in [0.2, 0.25) is 5.91 Å². The van der Waals surface area contributed by atoms with Gasteiger partial charge in [-0.05, 0) is 18.4 Å². The first kappa shape index (κ1) is 12.2. The van der Waals surface area contributed by atoms with Gasteiger partial charge in [-0.25, -0.2) is 4.79 Å². The number of nitrogens with one attached hydrogen (secondary N) is 1. The molecule has 0 fully saturated rings. The normalized spacial score (nSPS) is 12.2. The van der Waals surface area contributed by atoms with Crippen molar-refractivity contribution < 1.29 is 19.8 Å². The van der Waals surface area contributed by atoms with E-state index in [0.717, 1.165) is 0 Å². The van der Waals surface area contributed by atoms with E-state index in [9.17, 15) is 9.59 Å². The number of carbonyl (C=O) groups is 2. The Bertz CT molecular complexity index is 185. The van der Waals surface area contributed by atoms with Crippen molar-refractivity contribution in [2.45, 2.75) is 12.5 Å². The highest BCUT2D eigenvalue weighted by molar-refractivity contribution is 7.98. The Morgan fingerprint density at radius 3 is 2.54 bits per heavy atom. The largest absolute Gasteiger partial charge is 0.480 e. The molecule has 0 bridgehead atoms. The van der Waals surface area contributed by atoms with Gasteiger partial charge in [-0.15, -0.1) is 0 Å². The Hall–Kier alpha value is -0.750. The molecule has 0 spiro atoms. The van der Waals surface area contributed by atoms with Crippen LogP contribution < -0.4 is 5.32 Å². The monoisotopic (exact) mass is 207 g/mol. The summed E-state index contributed by atoms with van der Waals surface area (Å²) >= 11 is 1.50. The first-order valence-electron chi connectivity index (χ1n) is 3.73. The average molecular weight is 207 g/mol. The van der Waals surface area contributed by atoms with Crippen molar-refractivity contribution in [1.82, 2.24) is 5.32 Å². The van der Waals surface area contributed by atoms with Crippen LogP contribution in [0.4, 0.5) is 0 Å². The van der Waals surface area contributed by atoms with Crippen LogP contribution in [-0.2, 0) is 9.59 Å². The fraction of sp³-hybridized carbons (Fsp3) is 0.714. The third-order valence-electron chi connectivity index (χ3n) is 1.39. The van der Waals surface area contributed by atoms with Gasteiger partial charge in [-0.3, -0.25) is 4.79 Å². The van der Waals surface area contributed by atoms with Crippen LogP contribution >= 0.6 is 11.8 Å². The fourth-order valence-electron chi connectivity index (χ4n) is 0.733. The summed E-state index contributed by atoms with van der Waals surface area (Å²) in [4.78, 5) is 21.2. The van der Waals surface area contributed by atoms with Crippen LogP contribution in [0, 0.1) is 0 Å². The summed E-state index contributed by atoms with van der Waals surface area (Å²) in [5, 5.41) is 19.2. The molecule has 0 radical (unpaired) electrons. The predicted molar refractivity (Wildman–Crippen MR) is 49.7 cm³/mol. The Kier molecular flexibility index (Phi) is 6.34. The third kappa shape index (κ3) is 5.48. The lowest BCUT2D eigenvalue weighted by atomic mass is 10.2. The van der Waals surface area contributed by atoms with Crippen LogP contribution in [0.5, 0.6) is 0 Å². The molecule has 0 rings (SSSR count). The lowest BCUT2D eigenvalue weighted by Crippen LogP contribution is -2.42. The van der Waals surface area contributed by atoms with Gasteiger partial charge in [0.25, 0.3) is 0 Å². The molecule has 0 saturated carbocycles. The van der Waals surface area contributed by atoms with Crippen LogP contribution in [0.15, 0.2) is 0 Å². The van der Waals surface area contributed by atoms with Gasteiger partial charge >= 0.3 is 5.97 Å². The van der Waals surface area contributed by atoms with E-state index in [-0.39, 0.29) is 0 Å². The van der Waals surface area contributed by atoms with E-state index in [1.807, 2.05) is 6.26 Å². The average Bonchev–Trinajstić information content (AvgIpc) is 2.11. The first-order chi connectivity index (χ1) is 6.11. The lowest BCUT2D eigenvalue weighted by molar-refractivity contribution is -0.142. The maximum atomic E-state index is 10.7. The molecule has 76 valence electrons. The van der Waals surface area contributed by atoms with E-state index in [1.54, 1.807) is 0 Å². The van der Waals surface area contributed by atoms with Crippen LogP contribution in [0.3, 0.4) is 0 Å². The van der Waals surface area contributed by atoms with Gasteiger partial charge in [0.1, 0.15) is 12.6 Å². The molecule has 3 N–H and O–H groups in total. The van der Waals surface area contributed by atoms with E-state index in [1.165, 1.54) is 11.8 Å². The molecule has 0 aliphatic carbocycles. The van der Waals surface area contributed by atoms with E-state index in [0.29, 0.717) is 12.2 Å². The summed E-state index contributed by atoms with van der Waals surface area (Å²) < 4.78 is 0. The van der Waals surface area contributed by atoms with Crippen molar-refractivity contribution >= 4 is 23.6 Å². The summed E-state index contributed by atoms with van der Waals surface area (Å²) in [6.45, 7) is -0.678. The van der Waals surface area contributed by atoms with Crippen molar-refractivity contribution in [3.05, 3.63) is 0 Å². The molecule has 1 atom stereocenters. The zero-order valence-electron chi connectivity index (χ0n) is 7.32. The van der Waals surface area contributed by atoms with Crippen LogP contribution in [-0.4, -0.2) is 46.7 Å². The quantitative estimate of drug-likeness (QED) is 0.536. The number of rotatable bonds is 6. The van der Waals surface area contributed by atoms with Crippen molar-refractivity contribution in [1.29, 1.82) is 0 Å². The van der Waals surface area contributed by atoms with E-state index >= 15 is 0 Å². The van der Waals surface area contributed by atoms with Crippen molar-refractivity contribution in [3.8, 4) is 0 Å². The van der Waals surface area contributed by atoms with Crippen molar-refractivity contribution in [3.63, 3.8) is 0 Å². The minimum absolute atomic E-state index is 0.363. The molecule has 0 aliphatic heterocycles. The molecule has 1 unspecified atom stereocenters. The van der Waals surface area contributed by atoms with Crippen LogP contribution in [0.1, 0.15) is 6.42 Å². The Balaban J connectivity index is 3.94. The summed E-state index contributed by atoms with van der Waals surface area (Å²) in [5.74, 6) is -1.08. The zero-order chi connectivity index (χ0) is 10.3. The molecule has 0 aromatic heterocycles. The standard InChI is InChI=1S/C7H13NO4S/c1-13-3-2-5(7(11)12)8-6(10)4-9/h5,9H,2-4H2,1H3,(H,8,10)(H,11,12). The smallest absolute Gasteiger partial charge is 0.326 e. The molecule has 0 aliphatic rings. The maximum absolute atomic E-state index is 10.7. The van der Waals surface area contributed by atoms with E-state index in [2.05, 4.69) is 5.32 Å². The summed E-state index contributed by atoms with van der Waals surface area (Å²) in [6, 6.07) is -0.896. The number of amides is 1. The number of thioether (sulfide) groups is 1. The minimum Gasteiger partial charge on any atom is -0.480 e. The highest BCUT2D eigenvalue weighted by Gasteiger charge is 2.18. The summed E-state index contributed by atoms with van der Waals surface area (Å²) in [6.07, 6.45) is 2.22. The van der Waals surface area contributed by atoms with Gasteiger partial charge < -0.3 is 15.5 Å². The SMILES string of the molecule is CSCCC(NC(=O)CO)C(=O)O. The predicted octanol–water partition coefficient (Wildman–Crippen LogP) is -0.699. The molecule has 6 heteroatoms. The second kappa shape index (κ2) is 6.73. The topological polar surface area (TPSA) is 86.6 Å². The van der Waals surface area contributed by atoms with Gasteiger partial charge in [-0.1, -0.05) is 0 Å². The van der Waals surface area contributed by atoms with Gasteiger partial charge in [-0.2, -0.15) is 11.8 Å². The molecular formula is C7H13NO4S. The third-order valence-corrected chi connectivity index (χ3v) is 2.03. The molecule has 0 aromatic carbocycles. The van der Waals surface area contributed by atoms with Gasteiger partial charge in [0, 0.05) is 0 Å². The van der Waals surface area contributed by atoms with Crippen LogP contribution in [0.25, 0.3) is 0 Å². The Morgan fingerprint density at radius 1 is 1.54 bits per heavy atom. The highest BCUT2D eigenvalue weighted by atomic mass is 32.2. The highest BCUT2D eigenvalue weighted by Crippen LogP contribution is 2.00. The molecule has 0 aromatic rings. The first-order valence-corrected chi connectivity index (χ1v) is 5.13. The number of hydrogen-bond acceptors (Lipinski definition) is 4. The van der Waals surface area contributed by atoms with E-state index in [4.69, 9.17) is 10.2 Å². The molecule has 13 heavy (non-hydrogen) atoms. The zero-order valence-corrected chi connectivity index (χ0v) is 8.13. The number of aliphatic hydroxyl groups excluding tert-OH is 1. The fourth-order valence-corrected chi connectivity index (χ4v) is 1.20. The second-order valence-electron chi connectivity index (χ2n) is 2.40. The summed E-state index contributed by atoms with van der Waals surface area (Å²) in [5.41, 5.74) is 0. The Morgan fingerprint density at radius 2 is 2.15 bits per heavy atom. The molecule has 5 nitrogen and oxygen atoms in total. The van der Waals surface area contributed by atoms with Gasteiger partial charge in [0.05, 0.1) is 0 Å². The number of aliphatic hydroxyl groups is 1. The minimum atomic E-state index is -1.07. The summed E-state index contributed by atoms with van der Waals surface area (Å²) in [7, 11) is 0. The van der Waals surface area contributed by atoms with Crippen LogP contribution in [0.2, 0.25) is 0 Å². The molecule has 0 saturated heterocycles. The van der Waals surface area contributed by atoms with Crippen molar-refractivity contribution in [2.75, 3.05) is 18.6 Å².